The van der Waals surface area contributed by atoms with Crippen LogP contribution in [0.5, 0.6) is 5.75 Å². The number of aromatic nitrogens is 1. The minimum absolute atomic E-state index is 0.0820. The van der Waals surface area contributed by atoms with E-state index in [9.17, 15) is 14.4 Å². The van der Waals surface area contributed by atoms with E-state index >= 15 is 0 Å². The van der Waals surface area contributed by atoms with Gasteiger partial charge in [-0.25, -0.2) is 0 Å². The van der Waals surface area contributed by atoms with E-state index in [-0.39, 0.29) is 12.5 Å². The van der Waals surface area contributed by atoms with Crippen molar-refractivity contribution in [2.24, 2.45) is 0 Å². The molecule has 0 unspecified atom stereocenters. The summed E-state index contributed by atoms with van der Waals surface area (Å²) in [6, 6.07) is 8.59. The molecule has 0 saturated carbocycles. The van der Waals surface area contributed by atoms with Gasteiger partial charge in [0, 0.05) is 35.4 Å². The van der Waals surface area contributed by atoms with Gasteiger partial charge in [-0.3, -0.25) is 25.2 Å². The Kier molecular flexibility index (Phi) is 5.57. The summed E-state index contributed by atoms with van der Waals surface area (Å²) in [4.78, 5) is 39.9. The molecule has 2 aromatic rings. The van der Waals surface area contributed by atoms with Crippen LogP contribution in [0.3, 0.4) is 0 Å². The SMILES string of the molecule is O=C(COc1cccc(N2CCCC2=O)c1)NNC(=O)c1cc(Br)c[nH]1. The van der Waals surface area contributed by atoms with Crippen LogP contribution in [-0.4, -0.2) is 35.9 Å². The standard InChI is InChI=1S/C17H17BrN4O4/c18-11-7-14(19-9-11)17(25)21-20-15(23)10-26-13-4-1-3-12(8-13)22-6-2-5-16(22)24/h1,3-4,7-9,19H,2,5-6,10H2,(H,20,23)(H,21,25). The van der Waals surface area contributed by atoms with Crippen molar-refractivity contribution in [1.82, 2.24) is 15.8 Å². The molecule has 1 saturated heterocycles. The normalized spacial score (nSPS) is 13.6. The number of nitrogens with zero attached hydrogens (tertiary/aromatic N) is 1. The van der Waals surface area contributed by atoms with Crippen LogP contribution in [0.25, 0.3) is 0 Å². The third kappa shape index (κ3) is 4.42. The molecule has 1 aromatic heterocycles. The number of hydrogen-bond acceptors (Lipinski definition) is 4. The number of amides is 3. The zero-order valence-electron chi connectivity index (χ0n) is 13.8. The Bertz CT molecular complexity index is 836. The van der Waals surface area contributed by atoms with Crippen LogP contribution in [-0.2, 0) is 9.59 Å². The highest BCUT2D eigenvalue weighted by Crippen LogP contribution is 2.25. The number of anilines is 1. The number of carbonyl (C=O) groups excluding carboxylic acids is 3. The van der Waals surface area contributed by atoms with Gasteiger partial charge in [-0.2, -0.15) is 0 Å². The summed E-state index contributed by atoms with van der Waals surface area (Å²) >= 11 is 3.22. The molecule has 3 rings (SSSR count). The maximum atomic E-state index is 11.8. The van der Waals surface area contributed by atoms with E-state index in [0.717, 1.165) is 16.6 Å². The van der Waals surface area contributed by atoms with Gasteiger partial charge in [0.05, 0.1) is 0 Å². The smallest absolute Gasteiger partial charge is 0.286 e. The number of aromatic amines is 1. The average molecular weight is 421 g/mol. The molecule has 1 aliphatic rings. The van der Waals surface area contributed by atoms with Gasteiger partial charge in [0.2, 0.25) is 5.91 Å². The minimum atomic E-state index is -0.508. The number of benzene rings is 1. The van der Waals surface area contributed by atoms with Crippen LogP contribution >= 0.6 is 15.9 Å². The lowest BCUT2D eigenvalue weighted by atomic mass is 10.3. The first-order chi connectivity index (χ1) is 12.5. The highest BCUT2D eigenvalue weighted by Gasteiger charge is 2.21. The van der Waals surface area contributed by atoms with E-state index in [1.54, 1.807) is 35.4 Å². The van der Waals surface area contributed by atoms with E-state index in [2.05, 4.69) is 31.8 Å². The number of hydrazine groups is 1. The summed E-state index contributed by atoms with van der Waals surface area (Å²) in [5, 5.41) is 0. The van der Waals surface area contributed by atoms with E-state index < -0.39 is 11.8 Å². The molecule has 1 aromatic carbocycles. The highest BCUT2D eigenvalue weighted by atomic mass is 79.9. The molecule has 3 amide bonds. The van der Waals surface area contributed by atoms with Crippen molar-refractivity contribution in [3.8, 4) is 5.75 Å². The van der Waals surface area contributed by atoms with Crippen LogP contribution in [0.1, 0.15) is 23.3 Å². The van der Waals surface area contributed by atoms with E-state index in [4.69, 9.17) is 4.74 Å². The van der Waals surface area contributed by atoms with Gasteiger partial charge in [-0.15, -0.1) is 0 Å². The monoisotopic (exact) mass is 420 g/mol. The number of rotatable bonds is 5. The van der Waals surface area contributed by atoms with Crippen LogP contribution in [0, 0.1) is 0 Å². The lowest BCUT2D eigenvalue weighted by Gasteiger charge is -2.16. The lowest BCUT2D eigenvalue weighted by Crippen LogP contribution is -2.43. The molecule has 9 heteroatoms. The number of halogens is 1. The summed E-state index contributed by atoms with van der Waals surface area (Å²) < 4.78 is 6.16. The molecule has 1 aliphatic heterocycles. The molecule has 8 nitrogen and oxygen atoms in total. The zero-order chi connectivity index (χ0) is 18.5. The number of carbonyl (C=O) groups is 3. The summed E-state index contributed by atoms with van der Waals surface area (Å²) in [5.41, 5.74) is 5.61. The van der Waals surface area contributed by atoms with E-state index in [1.807, 2.05) is 6.07 Å². The van der Waals surface area contributed by atoms with Gasteiger partial charge < -0.3 is 14.6 Å². The van der Waals surface area contributed by atoms with Crippen molar-refractivity contribution in [1.29, 1.82) is 0 Å². The molecule has 0 atom stereocenters. The number of H-pyrrole nitrogens is 1. The van der Waals surface area contributed by atoms with Crippen molar-refractivity contribution < 1.29 is 19.1 Å². The maximum Gasteiger partial charge on any atom is 0.286 e. The topological polar surface area (TPSA) is 104 Å². The Morgan fingerprint density at radius 2 is 2.12 bits per heavy atom. The predicted octanol–water partition coefficient (Wildman–Crippen LogP) is 1.74. The number of ether oxygens (including phenoxy) is 1. The van der Waals surface area contributed by atoms with Gasteiger partial charge in [-0.05, 0) is 40.5 Å². The maximum absolute atomic E-state index is 11.8. The van der Waals surface area contributed by atoms with Gasteiger partial charge >= 0.3 is 0 Å². The van der Waals surface area contributed by atoms with Gasteiger partial charge in [0.1, 0.15) is 11.4 Å². The second-order valence-electron chi connectivity index (χ2n) is 5.67. The van der Waals surface area contributed by atoms with Gasteiger partial charge in [0.25, 0.3) is 11.8 Å². The summed E-state index contributed by atoms with van der Waals surface area (Å²) in [5.74, 6) is -0.430. The fourth-order valence-electron chi connectivity index (χ4n) is 2.54. The Hall–Kier alpha value is -2.81. The van der Waals surface area contributed by atoms with Crippen molar-refractivity contribution in [2.45, 2.75) is 12.8 Å². The first-order valence-electron chi connectivity index (χ1n) is 7.99. The Morgan fingerprint density at radius 3 is 2.81 bits per heavy atom. The van der Waals surface area contributed by atoms with Crippen LogP contribution in [0.2, 0.25) is 0 Å². The molecule has 3 N–H and O–H groups in total. The zero-order valence-corrected chi connectivity index (χ0v) is 15.3. The molecule has 26 heavy (non-hydrogen) atoms. The molecule has 0 radical (unpaired) electrons. The first-order valence-corrected chi connectivity index (χ1v) is 8.78. The second kappa shape index (κ2) is 8.05. The van der Waals surface area contributed by atoms with E-state index in [1.165, 1.54) is 0 Å². The fraction of sp³-hybridized carbons (Fsp3) is 0.235. The second-order valence-corrected chi connectivity index (χ2v) is 6.58. The molecule has 0 aliphatic carbocycles. The Morgan fingerprint density at radius 1 is 1.27 bits per heavy atom. The summed E-state index contributed by atoms with van der Waals surface area (Å²) in [6.45, 7) is 0.412. The fourth-order valence-corrected chi connectivity index (χ4v) is 2.88. The van der Waals surface area contributed by atoms with Crippen LogP contribution in [0.15, 0.2) is 41.0 Å². The van der Waals surface area contributed by atoms with Gasteiger partial charge in [-0.1, -0.05) is 6.07 Å². The van der Waals surface area contributed by atoms with Crippen molar-refractivity contribution in [3.05, 3.63) is 46.7 Å². The third-order valence-electron chi connectivity index (χ3n) is 3.78. The average Bonchev–Trinajstić information content (AvgIpc) is 3.26. The van der Waals surface area contributed by atoms with E-state index in [0.29, 0.717) is 24.4 Å². The quantitative estimate of drug-likeness (QED) is 0.640. The van der Waals surface area contributed by atoms with Crippen LogP contribution < -0.4 is 20.5 Å². The molecule has 1 fully saturated rings. The molecule has 0 bridgehead atoms. The highest BCUT2D eigenvalue weighted by molar-refractivity contribution is 9.10. The van der Waals surface area contributed by atoms with Gasteiger partial charge in [0.15, 0.2) is 6.61 Å². The van der Waals surface area contributed by atoms with Crippen molar-refractivity contribution in [2.75, 3.05) is 18.1 Å². The molecular weight excluding hydrogens is 404 g/mol. The van der Waals surface area contributed by atoms with Crippen molar-refractivity contribution >= 4 is 39.3 Å². The van der Waals surface area contributed by atoms with Crippen molar-refractivity contribution in [3.63, 3.8) is 0 Å². The molecule has 2 heterocycles. The minimum Gasteiger partial charge on any atom is -0.484 e. The Balaban J connectivity index is 1.48. The molecule has 0 spiro atoms. The lowest BCUT2D eigenvalue weighted by molar-refractivity contribution is -0.123. The number of nitrogens with one attached hydrogen (secondary N) is 3. The van der Waals surface area contributed by atoms with Crippen LogP contribution in [0.4, 0.5) is 5.69 Å². The largest absolute Gasteiger partial charge is 0.484 e. The molecule has 136 valence electrons. The summed E-state index contributed by atoms with van der Waals surface area (Å²) in [7, 11) is 0. The molecular formula is C17H17BrN4O4. The third-order valence-corrected chi connectivity index (χ3v) is 4.24. The summed E-state index contributed by atoms with van der Waals surface area (Å²) in [6.07, 6.45) is 2.99. The first kappa shape index (κ1) is 18.0. The Labute approximate surface area is 158 Å². The predicted molar refractivity (Wildman–Crippen MR) is 97.6 cm³/mol. The number of hydrogen-bond donors (Lipinski definition) is 3.